The van der Waals surface area contributed by atoms with Gasteiger partial charge in [-0.25, -0.2) is 0 Å². The van der Waals surface area contributed by atoms with Gasteiger partial charge in [0, 0.05) is 17.4 Å². The van der Waals surface area contributed by atoms with E-state index in [1.165, 1.54) is 23.3 Å². The maximum Gasteiger partial charge on any atom is 0.123 e. The number of hydrogen-bond acceptors (Lipinski definition) is 3. The topological polar surface area (TPSA) is 21.3 Å². The van der Waals surface area contributed by atoms with E-state index in [0.29, 0.717) is 12.0 Å². The van der Waals surface area contributed by atoms with E-state index < -0.39 is 0 Å². The van der Waals surface area contributed by atoms with E-state index in [0.717, 1.165) is 24.7 Å². The van der Waals surface area contributed by atoms with Gasteiger partial charge in [-0.2, -0.15) is 11.8 Å². The molecule has 0 aliphatic carbocycles. The quantitative estimate of drug-likeness (QED) is 0.880. The molecule has 2 nitrogen and oxygen atoms in total. The molecule has 2 rings (SSSR count). The van der Waals surface area contributed by atoms with Crippen molar-refractivity contribution in [3.63, 3.8) is 0 Å². The zero-order chi connectivity index (χ0) is 13.7. The van der Waals surface area contributed by atoms with Crippen LogP contribution in [-0.2, 0) is 5.75 Å². The van der Waals surface area contributed by atoms with Crippen molar-refractivity contribution >= 4 is 11.8 Å². The van der Waals surface area contributed by atoms with E-state index in [2.05, 4.69) is 44.3 Å². The van der Waals surface area contributed by atoms with Gasteiger partial charge in [0.15, 0.2) is 0 Å². The standard InChI is InChI=1S/C16H25NOS/c1-4-9-17-16-12(3)10-19-11-14-13(16)7-6-8-15(14)18-5-2/h6-8,12,16-17H,4-5,9-11H2,1-3H3. The van der Waals surface area contributed by atoms with E-state index >= 15 is 0 Å². The minimum absolute atomic E-state index is 0.463. The van der Waals surface area contributed by atoms with Crippen LogP contribution < -0.4 is 10.1 Å². The molecule has 19 heavy (non-hydrogen) atoms. The zero-order valence-electron chi connectivity index (χ0n) is 12.2. The lowest BCUT2D eigenvalue weighted by Crippen LogP contribution is -2.28. The molecule has 3 heteroatoms. The van der Waals surface area contributed by atoms with Crippen molar-refractivity contribution in [1.29, 1.82) is 0 Å². The fraction of sp³-hybridized carbons (Fsp3) is 0.625. The van der Waals surface area contributed by atoms with Crippen molar-refractivity contribution in [2.45, 2.75) is 39.0 Å². The van der Waals surface area contributed by atoms with Crippen molar-refractivity contribution < 1.29 is 4.74 Å². The summed E-state index contributed by atoms with van der Waals surface area (Å²) in [6, 6.07) is 6.97. The van der Waals surface area contributed by atoms with Gasteiger partial charge in [-0.3, -0.25) is 0 Å². The van der Waals surface area contributed by atoms with E-state index in [9.17, 15) is 0 Å². The molecule has 1 aliphatic heterocycles. The summed E-state index contributed by atoms with van der Waals surface area (Å²) in [5, 5.41) is 3.72. The lowest BCUT2D eigenvalue weighted by Gasteiger charge is -2.25. The molecule has 1 aliphatic rings. The smallest absolute Gasteiger partial charge is 0.123 e. The predicted molar refractivity (Wildman–Crippen MR) is 84.0 cm³/mol. The molecule has 2 atom stereocenters. The second-order valence-electron chi connectivity index (χ2n) is 5.18. The molecule has 0 fully saturated rings. The van der Waals surface area contributed by atoms with Crippen LogP contribution in [-0.4, -0.2) is 18.9 Å². The van der Waals surface area contributed by atoms with E-state index in [1.807, 2.05) is 11.8 Å². The van der Waals surface area contributed by atoms with Crippen LogP contribution >= 0.6 is 11.8 Å². The highest BCUT2D eigenvalue weighted by Gasteiger charge is 2.26. The van der Waals surface area contributed by atoms with Gasteiger partial charge in [0.25, 0.3) is 0 Å². The van der Waals surface area contributed by atoms with Gasteiger partial charge in [-0.05, 0) is 43.2 Å². The van der Waals surface area contributed by atoms with Crippen LogP contribution in [0, 0.1) is 5.92 Å². The SMILES string of the molecule is CCCNC1c2cccc(OCC)c2CSCC1C. The van der Waals surface area contributed by atoms with Crippen LogP contribution in [0.1, 0.15) is 44.4 Å². The Morgan fingerprint density at radius 3 is 2.95 bits per heavy atom. The van der Waals surface area contributed by atoms with Crippen LogP contribution in [0.3, 0.4) is 0 Å². The van der Waals surface area contributed by atoms with Crippen LogP contribution in [0.15, 0.2) is 18.2 Å². The van der Waals surface area contributed by atoms with Gasteiger partial charge >= 0.3 is 0 Å². The molecule has 1 N–H and O–H groups in total. The Hall–Kier alpha value is -0.670. The second-order valence-corrected chi connectivity index (χ2v) is 6.21. The highest BCUT2D eigenvalue weighted by atomic mass is 32.2. The van der Waals surface area contributed by atoms with Crippen molar-refractivity contribution in [2.75, 3.05) is 18.9 Å². The molecule has 106 valence electrons. The Kier molecular flexibility index (Phi) is 5.59. The van der Waals surface area contributed by atoms with Crippen molar-refractivity contribution in [1.82, 2.24) is 5.32 Å². The number of thioether (sulfide) groups is 1. The van der Waals surface area contributed by atoms with Crippen molar-refractivity contribution in [3.8, 4) is 5.75 Å². The first kappa shape index (κ1) is 14.7. The van der Waals surface area contributed by atoms with E-state index in [4.69, 9.17) is 4.74 Å². The molecule has 0 aromatic heterocycles. The summed E-state index contributed by atoms with van der Waals surface area (Å²) in [7, 11) is 0. The third kappa shape index (κ3) is 3.46. The molecule has 0 saturated carbocycles. The summed E-state index contributed by atoms with van der Waals surface area (Å²) < 4.78 is 5.81. The molecule has 1 aromatic carbocycles. The maximum atomic E-state index is 5.81. The monoisotopic (exact) mass is 279 g/mol. The third-order valence-electron chi connectivity index (χ3n) is 3.61. The Morgan fingerprint density at radius 2 is 2.21 bits per heavy atom. The predicted octanol–water partition coefficient (Wildman–Crippen LogP) is 4.01. The molecular formula is C16H25NOS. The van der Waals surface area contributed by atoms with Crippen LogP contribution in [0.25, 0.3) is 0 Å². The number of hydrogen-bond donors (Lipinski definition) is 1. The Morgan fingerprint density at radius 1 is 1.37 bits per heavy atom. The first-order valence-electron chi connectivity index (χ1n) is 7.33. The summed E-state index contributed by atoms with van der Waals surface area (Å²) in [6.45, 7) is 8.45. The summed E-state index contributed by atoms with van der Waals surface area (Å²) in [5.74, 6) is 4.02. The minimum atomic E-state index is 0.463. The Labute approximate surface area is 121 Å². The zero-order valence-corrected chi connectivity index (χ0v) is 13.1. The van der Waals surface area contributed by atoms with Gasteiger partial charge in [0.05, 0.1) is 6.61 Å². The summed E-state index contributed by atoms with van der Waals surface area (Å²) >= 11 is 2.02. The van der Waals surface area contributed by atoms with E-state index in [-0.39, 0.29) is 0 Å². The van der Waals surface area contributed by atoms with Crippen molar-refractivity contribution in [3.05, 3.63) is 29.3 Å². The molecule has 1 heterocycles. The van der Waals surface area contributed by atoms with Crippen molar-refractivity contribution in [2.24, 2.45) is 5.92 Å². The van der Waals surface area contributed by atoms with Gasteiger partial charge < -0.3 is 10.1 Å². The minimum Gasteiger partial charge on any atom is -0.494 e. The first-order chi connectivity index (χ1) is 9.27. The number of fused-ring (bicyclic) bond motifs is 1. The molecule has 0 radical (unpaired) electrons. The molecule has 0 spiro atoms. The largest absolute Gasteiger partial charge is 0.494 e. The van der Waals surface area contributed by atoms with Crippen LogP contribution in [0.2, 0.25) is 0 Å². The average molecular weight is 279 g/mol. The van der Waals surface area contributed by atoms with Gasteiger partial charge in [-0.15, -0.1) is 0 Å². The highest BCUT2D eigenvalue weighted by molar-refractivity contribution is 7.98. The fourth-order valence-electron chi connectivity index (χ4n) is 2.68. The molecular weight excluding hydrogens is 254 g/mol. The molecule has 0 saturated heterocycles. The summed E-state index contributed by atoms with van der Waals surface area (Å²) in [6.07, 6.45) is 1.18. The number of benzene rings is 1. The van der Waals surface area contributed by atoms with Gasteiger partial charge in [-0.1, -0.05) is 26.0 Å². The van der Waals surface area contributed by atoms with Crippen LogP contribution in [0.4, 0.5) is 0 Å². The van der Waals surface area contributed by atoms with Crippen LogP contribution in [0.5, 0.6) is 5.75 Å². The molecule has 0 bridgehead atoms. The average Bonchev–Trinajstić information content (AvgIpc) is 2.57. The first-order valence-corrected chi connectivity index (χ1v) is 8.49. The highest BCUT2D eigenvalue weighted by Crippen LogP contribution is 2.38. The fourth-order valence-corrected chi connectivity index (χ4v) is 3.87. The second kappa shape index (κ2) is 7.20. The Balaban J connectivity index is 2.33. The number of nitrogens with one attached hydrogen (secondary N) is 1. The van der Waals surface area contributed by atoms with Gasteiger partial charge in [0.2, 0.25) is 0 Å². The maximum absolute atomic E-state index is 5.81. The van der Waals surface area contributed by atoms with E-state index in [1.54, 1.807) is 0 Å². The van der Waals surface area contributed by atoms with Gasteiger partial charge in [0.1, 0.15) is 5.75 Å². The molecule has 1 aromatic rings. The normalized spacial score (nSPS) is 22.7. The number of rotatable bonds is 5. The molecule has 2 unspecified atom stereocenters. The summed E-state index contributed by atoms with van der Waals surface area (Å²) in [5.41, 5.74) is 2.84. The Bertz CT molecular complexity index is 408. The lowest BCUT2D eigenvalue weighted by atomic mass is 9.92. The lowest BCUT2D eigenvalue weighted by molar-refractivity contribution is 0.335. The summed E-state index contributed by atoms with van der Waals surface area (Å²) in [4.78, 5) is 0. The molecule has 0 amide bonds. The third-order valence-corrected chi connectivity index (χ3v) is 4.87. The number of ether oxygens (including phenoxy) is 1.